The summed E-state index contributed by atoms with van der Waals surface area (Å²) in [5.41, 5.74) is 11.4. The number of hydrogen-bond donors (Lipinski definition) is 1. The Morgan fingerprint density at radius 2 is 1.31 bits per heavy atom. The second-order valence-electron chi connectivity index (χ2n) is 14.7. The van der Waals surface area contributed by atoms with Crippen LogP contribution in [0, 0.1) is 17.9 Å². The van der Waals surface area contributed by atoms with E-state index in [1.807, 2.05) is 33.8 Å². The fraction of sp³-hybridized carbons (Fsp3) is 0.265. The van der Waals surface area contributed by atoms with Crippen LogP contribution in [0.1, 0.15) is 78.4 Å². The summed E-state index contributed by atoms with van der Waals surface area (Å²) in [7, 11) is 0. The molecule has 5 heteroatoms. The summed E-state index contributed by atoms with van der Waals surface area (Å²) in [6.07, 6.45) is 4.91. The SMILES string of the molecule is CC1(C)c2cc3ccccc3nc2-c2[c-]cc(-c3ccccc3)c3oc4c(-c5ccccc5)ccc1c4c23.CCC(CC)C(=O)/C=C(\O)C(CC)CC.[Ir]. The van der Waals surface area contributed by atoms with Gasteiger partial charge in [0.15, 0.2) is 5.78 Å². The Morgan fingerprint density at radius 3 is 1.94 bits per heavy atom. The van der Waals surface area contributed by atoms with Crippen LogP contribution in [0.25, 0.3) is 66.4 Å². The molecule has 2 aromatic heterocycles. The molecule has 0 saturated carbocycles. The molecule has 1 radical (unpaired) electrons. The van der Waals surface area contributed by atoms with Crippen LogP contribution < -0.4 is 0 Å². The zero-order valence-electron chi connectivity index (χ0n) is 32.0. The molecule has 8 rings (SSSR count). The molecule has 0 bridgehead atoms. The predicted molar refractivity (Wildman–Crippen MR) is 220 cm³/mol. The number of furan rings is 1. The summed E-state index contributed by atoms with van der Waals surface area (Å²) in [4.78, 5) is 17.0. The van der Waals surface area contributed by atoms with Crippen LogP contribution in [-0.2, 0) is 30.3 Å². The quantitative estimate of drug-likeness (QED) is 0.0891. The van der Waals surface area contributed by atoms with Gasteiger partial charge in [-0.1, -0.05) is 161 Å². The smallest absolute Gasteiger partial charge is 0.162 e. The van der Waals surface area contributed by atoms with Gasteiger partial charge in [-0.25, -0.2) is 0 Å². The monoisotopic (exact) mass is 891 g/mol. The van der Waals surface area contributed by atoms with Crippen molar-refractivity contribution in [1.29, 1.82) is 0 Å². The first-order valence-corrected chi connectivity index (χ1v) is 19.1. The van der Waals surface area contributed by atoms with Crippen LogP contribution in [0.3, 0.4) is 0 Å². The van der Waals surface area contributed by atoms with Crippen LogP contribution in [0.2, 0.25) is 0 Å². The van der Waals surface area contributed by atoms with Crippen molar-refractivity contribution in [1.82, 2.24) is 4.98 Å². The predicted octanol–water partition coefficient (Wildman–Crippen LogP) is 13.4. The molecule has 0 aliphatic heterocycles. The molecule has 7 aromatic rings. The van der Waals surface area contributed by atoms with Crippen molar-refractivity contribution in [3.63, 3.8) is 0 Å². The number of aliphatic hydroxyl groups excluding tert-OH is 1. The van der Waals surface area contributed by atoms with Crippen molar-refractivity contribution in [2.24, 2.45) is 11.8 Å². The van der Waals surface area contributed by atoms with Gasteiger partial charge in [0, 0.05) is 49.0 Å². The van der Waals surface area contributed by atoms with Crippen molar-refractivity contribution in [2.45, 2.75) is 72.6 Å². The molecule has 0 unspecified atom stereocenters. The second kappa shape index (κ2) is 16.3. The van der Waals surface area contributed by atoms with Crippen LogP contribution in [0.15, 0.2) is 125 Å². The second-order valence-corrected chi connectivity index (χ2v) is 14.7. The summed E-state index contributed by atoms with van der Waals surface area (Å²) < 4.78 is 6.93. The molecule has 0 amide bonds. The molecule has 1 N–H and O–H groups in total. The molecule has 1 aliphatic carbocycles. The fourth-order valence-electron chi connectivity index (χ4n) is 8.01. The van der Waals surface area contributed by atoms with Crippen LogP contribution in [-0.4, -0.2) is 15.9 Å². The third kappa shape index (κ3) is 6.96. The molecule has 4 nitrogen and oxygen atoms in total. The standard InChI is InChI=1S/C36H24NO.C13H24O2.Ir/c1-36(2)28-20-19-26(23-13-7-4-8-14-23)35-32(28)31-27(33-29(36)21-24-15-9-10-16-30(24)37-33)18-17-25(34(31)38-35)22-11-5-3-6-12-22;1-5-10(6-2)12(14)9-13(15)11(7-3)8-4;/h3-17,19-21H,1-2H3;9-11,14H,5-8H2,1-4H3;/q-1;;/b;12-9-;. The van der Waals surface area contributed by atoms with E-state index in [-0.39, 0.29) is 48.9 Å². The molecule has 1 aliphatic rings. The van der Waals surface area contributed by atoms with Gasteiger partial charge in [0.2, 0.25) is 0 Å². The molecule has 2 heterocycles. The number of carbonyl (C=O) groups is 1. The normalized spacial score (nSPS) is 13.1. The Kier molecular flexibility index (Phi) is 11.7. The van der Waals surface area contributed by atoms with Crippen LogP contribution in [0.4, 0.5) is 0 Å². The molecule has 277 valence electrons. The number of hydrogen-bond acceptors (Lipinski definition) is 4. The fourth-order valence-corrected chi connectivity index (χ4v) is 8.01. The molecule has 0 atom stereocenters. The number of nitrogens with zero attached hydrogens (tertiary/aromatic N) is 1. The van der Waals surface area contributed by atoms with Crippen molar-refractivity contribution in [2.75, 3.05) is 0 Å². The largest absolute Gasteiger partial charge is 0.512 e. The average molecular weight is 891 g/mol. The number of aromatic nitrogens is 1. The van der Waals surface area contributed by atoms with Crippen molar-refractivity contribution in [3.05, 3.63) is 138 Å². The van der Waals surface area contributed by atoms with Crippen molar-refractivity contribution >= 4 is 38.6 Å². The van der Waals surface area contributed by atoms with Crippen molar-refractivity contribution in [3.8, 4) is 33.5 Å². The Bertz CT molecular complexity index is 2450. The van der Waals surface area contributed by atoms with Gasteiger partial charge in [-0.2, -0.15) is 0 Å². The first-order valence-electron chi connectivity index (χ1n) is 19.1. The molecule has 0 fully saturated rings. The molecule has 5 aromatic carbocycles. The van der Waals surface area contributed by atoms with Gasteiger partial charge in [0.05, 0.1) is 16.9 Å². The number of benzene rings is 5. The van der Waals surface area contributed by atoms with E-state index in [9.17, 15) is 9.90 Å². The summed E-state index contributed by atoms with van der Waals surface area (Å²) in [6.45, 7) is 12.7. The minimum Gasteiger partial charge on any atom is -0.512 e. The van der Waals surface area contributed by atoms with E-state index in [0.29, 0.717) is 0 Å². The van der Waals surface area contributed by atoms with E-state index < -0.39 is 0 Å². The van der Waals surface area contributed by atoms with Gasteiger partial charge in [0.1, 0.15) is 5.58 Å². The van der Waals surface area contributed by atoms with E-state index in [2.05, 4.69) is 123 Å². The summed E-state index contributed by atoms with van der Waals surface area (Å²) in [6, 6.07) is 42.0. The Balaban J connectivity index is 0.000000267. The topological polar surface area (TPSA) is 63.3 Å². The maximum Gasteiger partial charge on any atom is 0.162 e. The minimum atomic E-state index is -0.295. The molecule has 54 heavy (non-hydrogen) atoms. The van der Waals surface area contributed by atoms with Gasteiger partial charge < -0.3 is 9.52 Å². The molecular weight excluding hydrogens is 843 g/mol. The molecule has 0 spiro atoms. The Morgan fingerprint density at radius 1 is 0.741 bits per heavy atom. The van der Waals surface area contributed by atoms with Crippen LogP contribution >= 0.6 is 0 Å². The number of fused-ring (bicyclic) bond motifs is 3. The summed E-state index contributed by atoms with van der Waals surface area (Å²) in [5, 5.41) is 13.2. The number of para-hydroxylation sites is 1. The number of carbonyl (C=O) groups excluding carboxylic acids is 1. The number of ketones is 1. The third-order valence-corrected chi connectivity index (χ3v) is 11.3. The summed E-state index contributed by atoms with van der Waals surface area (Å²) >= 11 is 0. The van der Waals surface area contributed by atoms with Gasteiger partial charge in [-0.05, 0) is 59.3 Å². The molecule has 0 saturated heterocycles. The van der Waals surface area contributed by atoms with E-state index in [1.54, 1.807) is 0 Å². The zero-order valence-corrected chi connectivity index (χ0v) is 34.4. The molecular formula is C49H48IrNO3-. The van der Waals surface area contributed by atoms with Crippen molar-refractivity contribution < 1.29 is 34.4 Å². The third-order valence-electron chi connectivity index (χ3n) is 11.3. The van der Waals surface area contributed by atoms with Gasteiger partial charge >= 0.3 is 0 Å². The van der Waals surface area contributed by atoms with Crippen LogP contribution in [0.5, 0.6) is 0 Å². The average Bonchev–Trinajstić information content (AvgIpc) is 3.56. The van der Waals surface area contributed by atoms with E-state index in [0.717, 1.165) is 92.0 Å². The number of allylic oxidation sites excluding steroid dienone is 2. The summed E-state index contributed by atoms with van der Waals surface area (Å²) in [5.74, 6) is 0.547. The maximum absolute atomic E-state index is 11.7. The van der Waals surface area contributed by atoms with E-state index >= 15 is 0 Å². The first kappa shape index (κ1) is 38.9. The minimum absolute atomic E-state index is 0. The number of pyridine rings is 1. The van der Waals surface area contributed by atoms with Gasteiger partial charge in [-0.3, -0.25) is 9.78 Å². The number of aliphatic hydroxyl groups is 1. The van der Waals surface area contributed by atoms with E-state index in [4.69, 9.17) is 9.40 Å². The first-order chi connectivity index (χ1) is 25.7. The maximum atomic E-state index is 11.7. The Labute approximate surface area is 332 Å². The Hall–Kier alpha value is -4.83. The number of rotatable bonds is 9. The van der Waals surface area contributed by atoms with E-state index in [1.165, 1.54) is 17.2 Å². The zero-order chi connectivity index (χ0) is 37.3. The van der Waals surface area contributed by atoms with Gasteiger partial charge in [-0.15, -0.1) is 17.7 Å². The van der Waals surface area contributed by atoms with Gasteiger partial charge in [0.25, 0.3) is 0 Å².